The van der Waals surface area contributed by atoms with E-state index in [1.165, 1.54) is 141 Å². The molecule has 2 rings (SSSR count). The van der Waals surface area contributed by atoms with Gasteiger partial charge in [0.1, 0.15) is 24.5 Å². The lowest BCUT2D eigenvalue weighted by Crippen LogP contribution is -2.32. The summed E-state index contributed by atoms with van der Waals surface area (Å²) in [6.07, 6.45) is 35.5. The van der Waals surface area contributed by atoms with Crippen molar-refractivity contribution in [3.8, 4) is 5.75 Å². The number of halogens is 1. The minimum atomic E-state index is -0.178. The first kappa shape index (κ1) is 47.8. The molecular formula is C46H77ClN2O5. The van der Waals surface area contributed by atoms with Crippen LogP contribution in [0.5, 0.6) is 5.75 Å². The van der Waals surface area contributed by atoms with Gasteiger partial charge in [-0.3, -0.25) is 19.5 Å². The molecule has 0 spiro atoms. The molecule has 0 bridgehead atoms. The van der Waals surface area contributed by atoms with Crippen LogP contribution in [0.2, 0.25) is 5.02 Å². The van der Waals surface area contributed by atoms with Gasteiger partial charge in [0.2, 0.25) is 0 Å². The zero-order valence-corrected chi connectivity index (χ0v) is 35.3. The molecule has 0 aliphatic rings. The molecule has 2 aromatic rings. The third kappa shape index (κ3) is 23.5. The molecule has 308 valence electrons. The van der Waals surface area contributed by atoms with Crippen molar-refractivity contribution in [3.63, 3.8) is 0 Å². The van der Waals surface area contributed by atoms with Gasteiger partial charge in [-0.1, -0.05) is 180 Å². The van der Waals surface area contributed by atoms with Crippen molar-refractivity contribution < 1.29 is 24.2 Å². The van der Waals surface area contributed by atoms with Crippen molar-refractivity contribution in [3.05, 3.63) is 35.0 Å². The minimum absolute atomic E-state index is 0.0822. The first-order chi connectivity index (χ1) is 26.5. The summed E-state index contributed by atoms with van der Waals surface area (Å²) in [5.41, 5.74) is 1.08. The Balaban J connectivity index is 1.66. The summed E-state index contributed by atoms with van der Waals surface area (Å²) in [5, 5.41) is 12.2. The molecule has 0 saturated carbocycles. The molecule has 0 radical (unpaired) electrons. The van der Waals surface area contributed by atoms with E-state index in [4.69, 9.17) is 21.1 Å². The highest BCUT2D eigenvalue weighted by Crippen LogP contribution is 2.33. The molecule has 7 nitrogen and oxygen atoms in total. The maximum atomic E-state index is 12.5. The smallest absolute Gasteiger partial charge is 0.305 e. The first-order valence-corrected chi connectivity index (χ1v) is 22.6. The van der Waals surface area contributed by atoms with Gasteiger partial charge in [0.15, 0.2) is 0 Å². The molecule has 54 heavy (non-hydrogen) atoms. The van der Waals surface area contributed by atoms with E-state index in [0.29, 0.717) is 54.0 Å². The Kier molecular flexibility index (Phi) is 29.0. The number of phenolic OH excluding ortho intramolecular Hbond substituents is 1. The van der Waals surface area contributed by atoms with Crippen LogP contribution < -0.4 is 0 Å². The summed E-state index contributed by atoms with van der Waals surface area (Å²) in [7, 11) is 0. The maximum Gasteiger partial charge on any atom is 0.305 e. The average Bonchev–Trinajstić information content (AvgIpc) is 3.17. The van der Waals surface area contributed by atoms with Crippen molar-refractivity contribution in [1.82, 2.24) is 9.88 Å². The Morgan fingerprint density at radius 1 is 0.630 bits per heavy atom. The Bertz CT molecular complexity index is 1190. The number of esters is 2. The van der Waals surface area contributed by atoms with Crippen molar-refractivity contribution in [2.45, 2.75) is 200 Å². The number of hydrogen-bond donors (Lipinski definition) is 1. The zero-order valence-electron chi connectivity index (χ0n) is 34.5. The minimum Gasteiger partial charge on any atom is -0.505 e. The van der Waals surface area contributed by atoms with Gasteiger partial charge in [-0.05, 0) is 31.0 Å². The van der Waals surface area contributed by atoms with E-state index < -0.39 is 0 Å². The van der Waals surface area contributed by atoms with Gasteiger partial charge in [-0.25, -0.2) is 0 Å². The van der Waals surface area contributed by atoms with Crippen LogP contribution in [0.4, 0.5) is 0 Å². The van der Waals surface area contributed by atoms with Gasteiger partial charge in [0, 0.05) is 49.6 Å². The highest BCUT2D eigenvalue weighted by molar-refractivity contribution is 6.35. The number of carbonyl (C=O) groups excluding carboxylic acids is 2. The number of ether oxygens (including phenoxy) is 2. The molecule has 1 aromatic heterocycles. The normalized spacial score (nSPS) is 11.5. The van der Waals surface area contributed by atoms with Crippen LogP contribution in [0.25, 0.3) is 10.9 Å². The number of hydrogen-bond acceptors (Lipinski definition) is 7. The maximum absolute atomic E-state index is 12.5. The predicted molar refractivity (Wildman–Crippen MR) is 226 cm³/mol. The van der Waals surface area contributed by atoms with E-state index >= 15 is 0 Å². The second kappa shape index (κ2) is 32.8. The summed E-state index contributed by atoms with van der Waals surface area (Å²) >= 11 is 6.56. The lowest BCUT2D eigenvalue weighted by molar-refractivity contribution is -0.144. The monoisotopic (exact) mass is 773 g/mol. The quantitative estimate of drug-likeness (QED) is 0.0545. The fourth-order valence-corrected chi connectivity index (χ4v) is 7.45. The van der Waals surface area contributed by atoms with Crippen LogP contribution in [0.1, 0.15) is 199 Å². The van der Waals surface area contributed by atoms with Crippen molar-refractivity contribution in [1.29, 1.82) is 0 Å². The number of aromatic hydroxyl groups is 1. The fourth-order valence-electron chi connectivity index (χ4n) is 7.16. The Morgan fingerprint density at radius 3 is 1.43 bits per heavy atom. The van der Waals surface area contributed by atoms with Crippen molar-refractivity contribution >= 4 is 34.4 Å². The summed E-state index contributed by atoms with van der Waals surface area (Å²) in [4.78, 5) is 31.4. The SMILES string of the molecule is CCCCCCCCCCCCCCCC(=O)OCCN(CCOC(=O)CCCCCCCCCCCCCCC)Cc1cc(Cl)c2cccnc2c1O. The van der Waals surface area contributed by atoms with Gasteiger partial charge in [-0.2, -0.15) is 0 Å². The van der Waals surface area contributed by atoms with Crippen LogP contribution in [0.3, 0.4) is 0 Å². The Hall–Kier alpha value is -2.38. The molecule has 0 atom stereocenters. The van der Waals surface area contributed by atoms with E-state index in [2.05, 4.69) is 18.8 Å². The number of carbonyl (C=O) groups is 2. The molecule has 8 heteroatoms. The molecule has 0 aliphatic carbocycles. The number of rotatable bonds is 36. The zero-order chi connectivity index (χ0) is 38.9. The van der Waals surface area contributed by atoms with E-state index in [1.54, 1.807) is 18.3 Å². The van der Waals surface area contributed by atoms with Crippen LogP contribution in [-0.2, 0) is 25.6 Å². The van der Waals surface area contributed by atoms with Gasteiger partial charge in [0.05, 0.1) is 5.02 Å². The molecule has 1 heterocycles. The van der Waals surface area contributed by atoms with Gasteiger partial charge < -0.3 is 14.6 Å². The lowest BCUT2D eigenvalue weighted by atomic mass is 10.0. The number of aromatic nitrogens is 1. The predicted octanol–water partition coefficient (Wildman–Crippen LogP) is 13.4. The third-order valence-corrected chi connectivity index (χ3v) is 10.9. The lowest BCUT2D eigenvalue weighted by Gasteiger charge is -2.23. The first-order valence-electron chi connectivity index (χ1n) is 22.2. The summed E-state index contributed by atoms with van der Waals surface area (Å²) < 4.78 is 11.2. The molecular weight excluding hydrogens is 696 g/mol. The molecule has 0 amide bonds. The summed E-state index contributed by atoms with van der Waals surface area (Å²) in [6, 6.07) is 5.38. The number of unbranched alkanes of at least 4 members (excludes halogenated alkanes) is 24. The van der Waals surface area contributed by atoms with E-state index in [1.807, 2.05) is 11.0 Å². The van der Waals surface area contributed by atoms with Crippen LogP contribution >= 0.6 is 11.6 Å². The van der Waals surface area contributed by atoms with Gasteiger partial charge >= 0.3 is 11.9 Å². The number of benzene rings is 1. The second-order valence-corrected chi connectivity index (χ2v) is 15.9. The molecule has 0 unspecified atom stereocenters. The standard InChI is InChI=1S/C46H77ClN2O5/c1-3-5-7-9-11-13-15-17-19-21-23-25-27-31-43(50)53-36-34-49(39-40-38-42(47)41-30-29-33-48-45(41)46(40)52)35-37-54-44(51)32-28-26-24-22-20-18-16-14-12-10-8-6-4-2/h29-30,33,38,52H,3-28,31-32,34-37,39H2,1-2H3. The van der Waals surface area contributed by atoms with E-state index in [0.717, 1.165) is 25.7 Å². The topological polar surface area (TPSA) is 89.0 Å². The Labute approximate surface area is 334 Å². The van der Waals surface area contributed by atoms with Gasteiger partial charge in [-0.15, -0.1) is 0 Å². The van der Waals surface area contributed by atoms with E-state index in [9.17, 15) is 14.7 Å². The largest absolute Gasteiger partial charge is 0.505 e. The van der Waals surface area contributed by atoms with Crippen molar-refractivity contribution in [2.24, 2.45) is 0 Å². The van der Waals surface area contributed by atoms with Crippen LogP contribution in [-0.4, -0.2) is 53.2 Å². The number of phenols is 1. The Morgan fingerprint density at radius 2 is 1.02 bits per heavy atom. The number of pyridine rings is 1. The second-order valence-electron chi connectivity index (χ2n) is 15.5. The molecule has 0 saturated heterocycles. The van der Waals surface area contributed by atoms with Crippen molar-refractivity contribution in [2.75, 3.05) is 26.3 Å². The highest BCUT2D eigenvalue weighted by Gasteiger charge is 2.16. The molecule has 1 aromatic carbocycles. The molecule has 0 aliphatic heterocycles. The molecule has 0 fully saturated rings. The molecule has 1 N–H and O–H groups in total. The van der Waals surface area contributed by atoms with E-state index in [-0.39, 0.29) is 30.9 Å². The summed E-state index contributed by atoms with van der Waals surface area (Å²) in [5.74, 6) is -0.273. The highest BCUT2D eigenvalue weighted by atomic mass is 35.5. The fraction of sp³-hybridized carbons (Fsp3) is 0.761. The third-order valence-electron chi connectivity index (χ3n) is 10.6. The number of nitrogens with zero attached hydrogens (tertiary/aromatic N) is 2. The van der Waals surface area contributed by atoms with Crippen LogP contribution in [0.15, 0.2) is 24.4 Å². The van der Waals surface area contributed by atoms with Crippen LogP contribution in [0, 0.1) is 0 Å². The van der Waals surface area contributed by atoms with Gasteiger partial charge in [0.25, 0.3) is 0 Å². The average molecular weight is 774 g/mol. The number of fused-ring (bicyclic) bond motifs is 1. The summed E-state index contributed by atoms with van der Waals surface area (Å²) in [6.45, 7) is 6.22.